The van der Waals surface area contributed by atoms with E-state index in [1.54, 1.807) is 26.4 Å². The molecule has 8 aromatic rings. The molecule has 0 bridgehead atoms. The average Bonchev–Trinajstić information content (AvgIpc) is 1.68. The Kier molecular flexibility index (Phi) is 25.9. The van der Waals surface area contributed by atoms with Crippen LogP contribution in [0.25, 0.3) is 44.3 Å². The smallest absolute Gasteiger partial charge is 0.338 e. The molecular formula is C72H88F2N8O9. The molecule has 2 aliphatic heterocycles. The maximum Gasteiger partial charge on any atom is 0.338 e. The summed E-state index contributed by atoms with van der Waals surface area (Å²) in [5.74, 6) is 0.0371. The number of carboxylic acid groups (broad SMARTS) is 1. The van der Waals surface area contributed by atoms with Crippen molar-refractivity contribution >= 4 is 45.8 Å². The van der Waals surface area contributed by atoms with E-state index in [4.69, 9.17) is 40.5 Å². The lowest BCUT2D eigenvalue weighted by molar-refractivity contribution is -0.134. The number of nitrogens with two attached hydrogens (primary N) is 1. The number of amides is 3. The normalized spacial score (nSPS) is 15.5. The van der Waals surface area contributed by atoms with E-state index in [0.29, 0.717) is 56.8 Å². The predicted octanol–water partition coefficient (Wildman–Crippen LogP) is 11.1. The zero-order valence-corrected chi connectivity index (χ0v) is 52.9. The number of aliphatic hydroxyl groups is 2. The van der Waals surface area contributed by atoms with Gasteiger partial charge in [-0.25, -0.2) is 23.5 Å². The van der Waals surface area contributed by atoms with Crippen LogP contribution in [0.4, 0.5) is 8.78 Å². The number of likely N-dealkylation sites (tertiary alicyclic amines) is 2. The summed E-state index contributed by atoms with van der Waals surface area (Å²) in [4.78, 5) is 64.1. The second kappa shape index (κ2) is 34.3. The van der Waals surface area contributed by atoms with Gasteiger partial charge in [0.15, 0.2) is 0 Å². The Labute approximate surface area is 532 Å². The maximum absolute atomic E-state index is 14.6. The largest absolute Gasteiger partial charge is 0.478 e. The molecule has 0 spiro atoms. The van der Waals surface area contributed by atoms with Crippen LogP contribution in [0.2, 0.25) is 0 Å². The van der Waals surface area contributed by atoms with Crippen LogP contribution in [0.5, 0.6) is 0 Å². The number of hydrogen-bond acceptors (Lipinski definition) is 11. The second-order valence-electron chi connectivity index (χ2n) is 23.9. The van der Waals surface area contributed by atoms with Gasteiger partial charge in [-0.1, -0.05) is 98.8 Å². The number of aromatic nitrogens is 4. The molecule has 484 valence electrons. The number of para-hydroxylation sites is 4. The molecule has 4 heterocycles. The minimum Gasteiger partial charge on any atom is -0.478 e. The molecule has 19 heteroatoms. The van der Waals surface area contributed by atoms with E-state index in [2.05, 4.69) is 52.6 Å². The number of benzene rings is 6. The van der Waals surface area contributed by atoms with Crippen molar-refractivity contribution < 1.29 is 52.8 Å². The molecule has 4 atom stereocenters. The molecule has 0 radical (unpaired) electrons. The summed E-state index contributed by atoms with van der Waals surface area (Å²) in [6.07, 6.45) is 8.23. The van der Waals surface area contributed by atoms with Gasteiger partial charge >= 0.3 is 5.97 Å². The highest BCUT2D eigenvalue weighted by molar-refractivity contribution is 5.95. The van der Waals surface area contributed by atoms with Crippen molar-refractivity contribution in [3.63, 3.8) is 0 Å². The van der Waals surface area contributed by atoms with Crippen LogP contribution in [0.15, 0.2) is 133 Å². The number of imidazole rings is 2. The molecular weight excluding hydrogens is 1160 g/mol. The number of carboxylic acids is 1. The Hall–Kier alpha value is -8.20. The number of aromatic carboxylic acids is 1. The highest BCUT2D eigenvalue weighted by Gasteiger charge is 2.31. The summed E-state index contributed by atoms with van der Waals surface area (Å²) < 4.78 is 44.0. The van der Waals surface area contributed by atoms with Crippen LogP contribution in [0.1, 0.15) is 121 Å². The number of fused-ring (bicyclic) bond motifs is 2. The number of hydrogen-bond donors (Lipinski definition) is 5. The van der Waals surface area contributed by atoms with Crippen molar-refractivity contribution in [2.75, 3.05) is 79.9 Å². The number of aliphatic hydroxyl groups excluding tert-OH is 2. The first-order valence-electron chi connectivity index (χ1n) is 31.8. The van der Waals surface area contributed by atoms with Gasteiger partial charge in [0.05, 0.1) is 46.4 Å². The Morgan fingerprint density at radius 3 is 1.42 bits per heavy atom. The fraction of sp³-hybridized carbons (Fsp3) is 0.417. The zero-order chi connectivity index (χ0) is 64.8. The number of nitrogens with zero attached hydrogens (tertiary/aromatic N) is 6. The minimum absolute atomic E-state index is 0.0527. The quantitative estimate of drug-likeness (QED) is 0.0337. The zero-order valence-electron chi connectivity index (χ0n) is 52.9. The highest BCUT2D eigenvalue weighted by Crippen LogP contribution is 2.34. The van der Waals surface area contributed by atoms with Crippen molar-refractivity contribution in [1.29, 1.82) is 0 Å². The standard InChI is InChI=1S/C36H43FN4O4.C34H38FN3O4.C2H7NO/c1-25(21-26-10-12-27(13-11-26)28-14-15-30(31(37)23-28)36(44)38-16-19-42)22-34(43)40-17-5-7-29(24-40)35-39-32-8-3-4-9-33(32)41(35)18-6-20-45-2;1-23(19-24-10-12-25(13-11-24)26-14-15-28(34(40)41)29(35)21-26)20-32(39)37-16-5-7-27(22-37)33-36-30-8-3-4-9-31(30)38(33)17-6-18-42-2;3-1-2-4/h3-4,8-15,23,25,29,42H,5-7,16-22,24H2,1-2H3,(H,38,44);3-4,8-15,21,23,27H,5-7,16-20,22H2,1-2H3,(H,40,41);4H,1-3H2/t25-,29-;23-,27-;/m11./s1. The van der Waals surface area contributed by atoms with Crippen LogP contribution in [0.3, 0.4) is 0 Å². The minimum atomic E-state index is -1.28. The van der Waals surface area contributed by atoms with Gasteiger partial charge in [-0.3, -0.25) is 14.4 Å². The molecule has 17 nitrogen and oxygen atoms in total. The first-order valence-corrected chi connectivity index (χ1v) is 31.8. The third-order valence-electron chi connectivity index (χ3n) is 16.8. The van der Waals surface area contributed by atoms with Crippen molar-refractivity contribution in [2.24, 2.45) is 17.6 Å². The topological polar surface area (TPSA) is 228 Å². The fourth-order valence-electron chi connectivity index (χ4n) is 12.3. The summed E-state index contributed by atoms with van der Waals surface area (Å²) in [5, 5.41) is 28.2. The molecule has 0 aliphatic carbocycles. The van der Waals surface area contributed by atoms with Gasteiger partial charge in [0.25, 0.3) is 5.91 Å². The van der Waals surface area contributed by atoms with Crippen molar-refractivity contribution in [1.82, 2.24) is 34.2 Å². The summed E-state index contributed by atoms with van der Waals surface area (Å²) in [7, 11) is 3.45. The Bertz CT molecular complexity index is 3670. The summed E-state index contributed by atoms with van der Waals surface area (Å²) in [6, 6.07) is 40.9. The molecule has 2 aromatic heterocycles. The van der Waals surface area contributed by atoms with E-state index in [1.165, 1.54) is 24.3 Å². The van der Waals surface area contributed by atoms with E-state index < -0.39 is 23.5 Å². The molecule has 0 saturated carbocycles. The van der Waals surface area contributed by atoms with E-state index >= 15 is 0 Å². The monoisotopic (exact) mass is 1250 g/mol. The third-order valence-corrected chi connectivity index (χ3v) is 16.8. The van der Waals surface area contributed by atoms with Gasteiger partial charge < -0.3 is 54.8 Å². The lowest BCUT2D eigenvalue weighted by Crippen LogP contribution is -2.40. The van der Waals surface area contributed by atoms with Gasteiger partial charge in [-0.15, -0.1) is 0 Å². The number of ether oxygens (including phenoxy) is 2. The van der Waals surface area contributed by atoms with Gasteiger partial charge in [0.2, 0.25) is 11.8 Å². The second-order valence-corrected chi connectivity index (χ2v) is 23.9. The van der Waals surface area contributed by atoms with Crippen LogP contribution in [-0.4, -0.2) is 148 Å². The number of aryl methyl sites for hydroxylation is 2. The number of halogens is 2. The molecule has 6 aromatic carbocycles. The van der Waals surface area contributed by atoms with E-state index in [1.807, 2.05) is 82.6 Å². The number of carbonyl (C=O) groups is 4. The van der Waals surface area contributed by atoms with Crippen molar-refractivity contribution in [2.45, 2.75) is 103 Å². The Balaban J connectivity index is 0.000000222. The van der Waals surface area contributed by atoms with Crippen LogP contribution < -0.4 is 11.1 Å². The van der Waals surface area contributed by atoms with E-state index in [-0.39, 0.29) is 66.4 Å². The lowest BCUT2D eigenvalue weighted by Gasteiger charge is -2.33. The van der Waals surface area contributed by atoms with Crippen molar-refractivity contribution in [3.05, 3.63) is 179 Å². The van der Waals surface area contributed by atoms with Crippen LogP contribution in [0, 0.1) is 23.5 Å². The first kappa shape index (κ1) is 68.7. The first-order chi connectivity index (χ1) is 44.1. The average molecular weight is 1250 g/mol. The number of methoxy groups -OCH3 is 2. The molecule has 91 heavy (non-hydrogen) atoms. The molecule has 2 saturated heterocycles. The molecule has 2 aliphatic rings. The lowest BCUT2D eigenvalue weighted by atomic mass is 9.93. The van der Waals surface area contributed by atoms with Gasteiger partial charge in [0.1, 0.15) is 23.3 Å². The highest BCUT2D eigenvalue weighted by atomic mass is 19.1. The summed E-state index contributed by atoms with van der Waals surface area (Å²) in [6.45, 7) is 10.5. The number of nitrogens with one attached hydrogen (secondary N) is 1. The van der Waals surface area contributed by atoms with Gasteiger partial charge in [-0.05, 0) is 145 Å². The summed E-state index contributed by atoms with van der Waals surface area (Å²) in [5.41, 5.74) is 13.8. The van der Waals surface area contributed by atoms with Gasteiger partial charge in [0, 0.05) is 104 Å². The molecule has 0 unspecified atom stereocenters. The molecule has 2 fully saturated rings. The molecule has 6 N–H and O–H groups in total. The van der Waals surface area contributed by atoms with Crippen LogP contribution >= 0.6 is 0 Å². The molecule has 10 rings (SSSR count). The van der Waals surface area contributed by atoms with Crippen molar-refractivity contribution in [3.8, 4) is 22.3 Å². The van der Waals surface area contributed by atoms with Crippen LogP contribution in [-0.2, 0) is 45.0 Å². The fourth-order valence-corrected chi connectivity index (χ4v) is 12.3. The third kappa shape index (κ3) is 18.7. The SMILES string of the molecule is COCCCn1c([C@@H]2CCCN(C(=O)C[C@H](C)Cc3ccc(-c4ccc(C(=O)NCCO)c(F)c4)cc3)C2)nc2ccccc21.COCCCn1c([C@@H]2CCCN(C(=O)C[C@H](C)Cc3ccc(-c4ccc(C(=O)O)c(F)c4)cc3)C2)nc2ccccc21.NCCO. The summed E-state index contributed by atoms with van der Waals surface area (Å²) >= 11 is 0. The maximum atomic E-state index is 14.6. The van der Waals surface area contributed by atoms with E-state index in [9.17, 15) is 28.0 Å². The number of rotatable bonds is 25. The molecule has 3 amide bonds. The predicted molar refractivity (Wildman–Crippen MR) is 351 cm³/mol. The Morgan fingerprint density at radius 1 is 0.604 bits per heavy atom. The van der Waals surface area contributed by atoms with E-state index in [0.717, 1.165) is 134 Å². The number of piperidine rings is 2. The number of carbonyl (C=O) groups excluding carboxylic acids is 3. The van der Waals surface area contributed by atoms with Gasteiger partial charge in [-0.2, -0.15) is 0 Å². The Morgan fingerprint density at radius 2 is 1.02 bits per heavy atom.